The summed E-state index contributed by atoms with van der Waals surface area (Å²) in [7, 11) is 0. The van der Waals surface area contributed by atoms with Crippen molar-refractivity contribution in [1.29, 1.82) is 0 Å². The number of aromatic nitrogens is 3. The summed E-state index contributed by atoms with van der Waals surface area (Å²) in [6.45, 7) is 4.93. The van der Waals surface area contributed by atoms with Gasteiger partial charge in [-0.1, -0.05) is 24.6 Å². The largest absolute Gasteiger partial charge is 0.484 e. The molecule has 1 aliphatic rings. The average molecular weight is 390 g/mol. The number of ether oxygens (including phenoxy) is 1. The molecule has 0 radical (unpaired) electrons. The van der Waals surface area contributed by atoms with Crippen molar-refractivity contribution in [1.82, 2.24) is 14.8 Å². The van der Waals surface area contributed by atoms with E-state index >= 15 is 0 Å². The van der Waals surface area contributed by atoms with E-state index in [9.17, 15) is 4.79 Å². The molecule has 0 aliphatic carbocycles. The van der Waals surface area contributed by atoms with Crippen molar-refractivity contribution in [3.8, 4) is 17.1 Å². The van der Waals surface area contributed by atoms with E-state index < -0.39 is 0 Å². The van der Waals surface area contributed by atoms with Crippen molar-refractivity contribution in [2.45, 2.75) is 46.1 Å². The first-order valence-corrected chi connectivity index (χ1v) is 10.1. The van der Waals surface area contributed by atoms with Crippen molar-refractivity contribution in [2.24, 2.45) is 0 Å². The van der Waals surface area contributed by atoms with Crippen LogP contribution >= 0.6 is 0 Å². The fraction of sp³-hybridized carbons (Fsp3) is 0.348. The highest BCUT2D eigenvalue weighted by Gasteiger charge is 2.16. The van der Waals surface area contributed by atoms with Gasteiger partial charge >= 0.3 is 0 Å². The number of carbonyl (C=O) groups is 1. The average Bonchev–Trinajstić information content (AvgIpc) is 2.94. The first kappa shape index (κ1) is 19.2. The van der Waals surface area contributed by atoms with E-state index in [2.05, 4.69) is 26.1 Å². The van der Waals surface area contributed by atoms with Crippen molar-refractivity contribution in [3.63, 3.8) is 0 Å². The number of amides is 1. The Labute approximate surface area is 170 Å². The third kappa shape index (κ3) is 4.65. The molecule has 29 heavy (non-hydrogen) atoms. The molecule has 1 aliphatic heterocycles. The second-order valence-corrected chi connectivity index (χ2v) is 7.64. The monoisotopic (exact) mass is 390 g/mol. The number of rotatable bonds is 5. The van der Waals surface area contributed by atoms with Crippen LogP contribution in [0.4, 0.5) is 5.69 Å². The summed E-state index contributed by atoms with van der Waals surface area (Å²) in [5.74, 6) is 2.43. The minimum Gasteiger partial charge on any atom is -0.484 e. The Kier molecular flexibility index (Phi) is 5.60. The van der Waals surface area contributed by atoms with E-state index in [1.165, 1.54) is 6.42 Å². The maximum absolute atomic E-state index is 12.4. The Hall–Kier alpha value is -3.15. The fourth-order valence-corrected chi connectivity index (χ4v) is 3.80. The van der Waals surface area contributed by atoms with Crippen molar-refractivity contribution >= 4 is 11.6 Å². The minimum atomic E-state index is -0.193. The Morgan fingerprint density at radius 3 is 2.72 bits per heavy atom. The van der Waals surface area contributed by atoms with Crippen LogP contribution in [-0.4, -0.2) is 27.3 Å². The molecule has 0 saturated heterocycles. The second kappa shape index (κ2) is 8.47. The van der Waals surface area contributed by atoms with Crippen LogP contribution < -0.4 is 10.1 Å². The first-order chi connectivity index (χ1) is 14.1. The predicted octanol–water partition coefficient (Wildman–Crippen LogP) is 4.31. The predicted molar refractivity (Wildman–Crippen MR) is 113 cm³/mol. The van der Waals surface area contributed by atoms with E-state index in [0.29, 0.717) is 5.75 Å². The second-order valence-electron chi connectivity index (χ2n) is 7.64. The number of hydrogen-bond donors (Lipinski definition) is 1. The summed E-state index contributed by atoms with van der Waals surface area (Å²) < 4.78 is 7.86. The molecule has 0 saturated carbocycles. The standard InChI is InChI=1S/C23H26N4O2/c1-16-11-17(2)13-20(12-16)29-15-22(28)24-19-8-6-7-18(14-19)23-26-25-21-9-4-3-5-10-27(21)23/h6-8,11-14H,3-5,9-10,15H2,1-2H3,(H,24,28). The van der Waals surface area contributed by atoms with Crippen LogP contribution in [0.15, 0.2) is 42.5 Å². The minimum absolute atomic E-state index is 0.0343. The van der Waals surface area contributed by atoms with E-state index in [1.807, 2.05) is 50.2 Å². The smallest absolute Gasteiger partial charge is 0.262 e. The zero-order chi connectivity index (χ0) is 20.2. The van der Waals surface area contributed by atoms with Gasteiger partial charge in [0.25, 0.3) is 5.91 Å². The van der Waals surface area contributed by atoms with Crippen molar-refractivity contribution in [3.05, 3.63) is 59.4 Å². The summed E-state index contributed by atoms with van der Waals surface area (Å²) in [4.78, 5) is 12.4. The zero-order valence-corrected chi connectivity index (χ0v) is 16.9. The summed E-state index contributed by atoms with van der Waals surface area (Å²) in [5.41, 5.74) is 3.90. The maximum Gasteiger partial charge on any atom is 0.262 e. The van der Waals surface area contributed by atoms with Gasteiger partial charge in [-0.15, -0.1) is 10.2 Å². The number of fused-ring (bicyclic) bond motifs is 1. The Bertz CT molecular complexity index is 1010. The van der Waals surface area contributed by atoms with Gasteiger partial charge in [0, 0.05) is 24.2 Å². The summed E-state index contributed by atoms with van der Waals surface area (Å²) in [5, 5.41) is 11.7. The zero-order valence-electron chi connectivity index (χ0n) is 16.9. The number of nitrogens with zero attached hydrogens (tertiary/aromatic N) is 3. The van der Waals surface area contributed by atoms with Gasteiger partial charge in [-0.25, -0.2) is 0 Å². The van der Waals surface area contributed by atoms with Gasteiger partial charge in [-0.05, 0) is 62.1 Å². The molecule has 0 bridgehead atoms. The highest BCUT2D eigenvalue weighted by atomic mass is 16.5. The lowest BCUT2D eigenvalue weighted by molar-refractivity contribution is -0.118. The van der Waals surface area contributed by atoms with Crippen LogP contribution in [-0.2, 0) is 17.8 Å². The third-order valence-electron chi connectivity index (χ3n) is 5.08. The summed E-state index contributed by atoms with van der Waals surface area (Å²) in [6, 6.07) is 13.7. The molecule has 0 fully saturated rings. The van der Waals surface area contributed by atoms with Crippen LogP contribution in [0.5, 0.6) is 5.75 Å². The summed E-state index contributed by atoms with van der Waals surface area (Å²) >= 11 is 0. The molecule has 150 valence electrons. The van der Waals surface area contributed by atoms with E-state index in [-0.39, 0.29) is 12.5 Å². The lowest BCUT2D eigenvalue weighted by Crippen LogP contribution is -2.20. The fourth-order valence-electron chi connectivity index (χ4n) is 3.80. The Balaban J connectivity index is 1.44. The maximum atomic E-state index is 12.4. The number of nitrogens with one attached hydrogen (secondary N) is 1. The third-order valence-corrected chi connectivity index (χ3v) is 5.08. The molecule has 0 spiro atoms. The van der Waals surface area contributed by atoms with Gasteiger partial charge in [0.2, 0.25) is 0 Å². The quantitative estimate of drug-likeness (QED) is 0.705. The lowest BCUT2D eigenvalue weighted by atomic mass is 10.1. The Morgan fingerprint density at radius 1 is 1.07 bits per heavy atom. The van der Waals surface area contributed by atoms with E-state index in [1.54, 1.807) is 0 Å². The molecule has 2 aromatic carbocycles. The molecule has 2 heterocycles. The molecule has 1 amide bonds. The topological polar surface area (TPSA) is 69.0 Å². The summed E-state index contributed by atoms with van der Waals surface area (Å²) in [6.07, 6.45) is 4.50. The normalized spacial score (nSPS) is 13.4. The van der Waals surface area contributed by atoms with Gasteiger partial charge in [0.05, 0.1) is 0 Å². The van der Waals surface area contributed by atoms with Crippen LogP contribution in [0.25, 0.3) is 11.4 Å². The molecule has 6 heteroatoms. The molecule has 1 N–H and O–H groups in total. The molecular weight excluding hydrogens is 364 g/mol. The molecule has 6 nitrogen and oxygen atoms in total. The van der Waals surface area contributed by atoms with Gasteiger partial charge in [-0.3, -0.25) is 4.79 Å². The van der Waals surface area contributed by atoms with Crippen LogP contribution in [0.3, 0.4) is 0 Å². The lowest BCUT2D eigenvalue weighted by Gasteiger charge is -2.11. The van der Waals surface area contributed by atoms with Crippen LogP contribution in [0.1, 0.15) is 36.2 Å². The van der Waals surface area contributed by atoms with E-state index in [0.717, 1.165) is 59.8 Å². The number of benzene rings is 2. The van der Waals surface area contributed by atoms with Gasteiger partial charge in [-0.2, -0.15) is 0 Å². The number of aryl methyl sites for hydroxylation is 3. The van der Waals surface area contributed by atoms with Crippen molar-refractivity contribution in [2.75, 3.05) is 11.9 Å². The van der Waals surface area contributed by atoms with Gasteiger partial charge < -0.3 is 14.6 Å². The Morgan fingerprint density at radius 2 is 1.90 bits per heavy atom. The number of carbonyl (C=O) groups excluding carboxylic acids is 1. The highest BCUT2D eigenvalue weighted by Crippen LogP contribution is 2.25. The first-order valence-electron chi connectivity index (χ1n) is 10.1. The number of hydrogen-bond acceptors (Lipinski definition) is 4. The molecule has 1 aromatic heterocycles. The molecule has 0 unspecified atom stereocenters. The molecule has 4 rings (SSSR count). The SMILES string of the molecule is Cc1cc(C)cc(OCC(=O)Nc2cccc(-c3nnc4n3CCCCC4)c2)c1. The molecule has 0 atom stereocenters. The number of anilines is 1. The molecule has 3 aromatic rings. The van der Waals surface area contributed by atoms with Gasteiger partial charge in [0.1, 0.15) is 11.6 Å². The van der Waals surface area contributed by atoms with E-state index in [4.69, 9.17) is 4.74 Å². The van der Waals surface area contributed by atoms with Crippen LogP contribution in [0, 0.1) is 13.8 Å². The van der Waals surface area contributed by atoms with Crippen LogP contribution in [0.2, 0.25) is 0 Å². The molecular formula is C23H26N4O2. The van der Waals surface area contributed by atoms with Gasteiger partial charge in [0.15, 0.2) is 12.4 Å². The highest BCUT2D eigenvalue weighted by molar-refractivity contribution is 5.92. The van der Waals surface area contributed by atoms with Crippen molar-refractivity contribution < 1.29 is 9.53 Å².